The van der Waals surface area contributed by atoms with Crippen LogP contribution in [0, 0.1) is 11.8 Å². The molecule has 6 heteroatoms. The summed E-state index contributed by atoms with van der Waals surface area (Å²) in [4.78, 5) is 26.6. The molecule has 2 aromatic rings. The third-order valence-electron chi connectivity index (χ3n) is 7.20. The number of carbonyl (C=O) groups is 2. The Morgan fingerprint density at radius 1 is 1.00 bits per heavy atom. The lowest BCUT2D eigenvalue weighted by Gasteiger charge is -2.45. The van der Waals surface area contributed by atoms with E-state index in [2.05, 4.69) is 22.2 Å². The van der Waals surface area contributed by atoms with Crippen molar-refractivity contribution in [1.82, 2.24) is 10.2 Å². The second-order valence-corrected chi connectivity index (χ2v) is 9.50. The van der Waals surface area contributed by atoms with Gasteiger partial charge in [-0.15, -0.1) is 0 Å². The molecule has 162 valence electrons. The van der Waals surface area contributed by atoms with Gasteiger partial charge in [0.05, 0.1) is 7.11 Å². The number of para-hydroxylation sites is 1. The van der Waals surface area contributed by atoms with Gasteiger partial charge in [-0.2, -0.15) is 0 Å². The van der Waals surface area contributed by atoms with Crippen molar-refractivity contribution in [3.8, 4) is 11.5 Å². The van der Waals surface area contributed by atoms with E-state index < -0.39 is 6.09 Å². The van der Waals surface area contributed by atoms with Crippen LogP contribution in [-0.2, 0) is 14.9 Å². The standard InChI is InChI=1S/C25H28N2O4/c1-24(26-23(29)30-2)12-17(13-24)22(28)27-15-19-14-25(19,16-27)18-8-10-21(11-9-18)31-20-6-4-3-5-7-20/h3-11,17,19H,12-16H2,1-2H3,(H,26,29)/t17-,19?,24+,25?. The first-order valence-electron chi connectivity index (χ1n) is 10.9. The van der Waals surface area contributed by atoms with E-state index in [0.29, 0.717) is 18.8 Å². The van der Waals surface area contributed by atoms with E-state index in [1.54, 1.807) is 0 Å². The molecule has 1 aliphatic heterocycles. The predicted octanol–water partition coefficient (Wildman–Crippen LogP) is 4.10. The number of nitrogens with one attached hydrogen (secondary N) is 1. The van der Waals surface area contributed by atoms with Gasteiger partial charge in [0.25, 0.3) is 0 Å². The SMILES string of the molecule is COC(=O)N[C@]1(C)C[C@H](C(=O)N2CC3CC3(c3ccc(Oc4ccccc4)cc3)C2)C1. The highest BCUT2D eigenvalue weighted by Crippen LogP contribution is 2.59. The minimum atomic E-state index is -0.436. The molecule has 1 heterocycles. The fraction of sp³-hybridized carbons (Fsp3) is 0.440. The van der Waals surface area contributed by atoms with Crippen LogP contribution in [0.1, 0.15) is 31.7 Å². The lowest BCUT2D eigenvalue weighted by atomic mass is 9.69. The normalized spacial score (nSPS) is 30.7. The Labute approximate surface area is 182 Å². The number of rotatable bonds is 5. The summed E-state index contributed by atoms with van der Waals surface area (Å²) in [6.45, 7) is 3.58. The Morgan fingerprint density at radius 3 is 2.35 bits per heavy atom. The Morgan fingerprint density at radius 2 is 1.68 bits per heavy atom. The molecule has 6 nitrogen and oxygen atoms in total. The number of piperidine rings is 1. The first-order chi connectivity index (χ1) is 14.9. The molecule has 0 aromatic heterocycles. The molecule has 2 amide bonds. The number of methoxy groups -OCH3 is 1. The van der Waals surface area contributed by atoms with Gasteiger partial charge in [-0.1, -0.05) is 30.3 Å². The maximum atomic E-state index is 13.0. The molecule has 2 saturated carbocycles. The van der Waals surface area contributed by atoms with E-state index in [1.165, 1.54) is 12.7 Å². The smallest absolute Gasteiger partial charge is 0.407 e. The number of fused-ring (bicyclic) bond motifs is 1. The molecule has 2 aliphatic carbocycles. The summed E-state index contributed by atoms with van der Waals surface area (Å²) >= 11 is 0. The number of likely N-dealkylation sites (tertiary alicyclic amines) is 1. The molecule has 3 fully saturated rings. The molecular weight excluding hydrogens is 392 g/mol. The molecule has 2 atom stereocenters. The molecule has 1 N–H and O–H groups in total. The molecule has 31 heavy (non-hydrogen) atoms. The van der Waals surface area contributed by atoms with Gasteiger partial charge in [-0.25, -0.2) is 4.79 Å². The maximum Gasteiger partial charge on any atom is 0.407 e. The molecule has 0 radical (unpaired) electrons. The van der Waals surface area contributed by atoms with Gasteiger partial charge in [0.15, 0.2) is 0 Å². The van der Waals surface area contributed by atoms with E-state index >= 15 is 0 Å². The summed E-state index contributed by atoms with van der Waals surface area (Å²) in [5.41, 5.74) is 1.04. The van der Waals surface area contributed by atoms with E-state index in [1.807, 2.05) is 54.3 Å². The lowest BCUT2D eigenvalue weighted by Crippen LogP contribution is -2.58. The number of benzene rings is 2. The van der Waals surface area contributed by atoms with Gasteiger partial charge >= 0.3 is 6.09 Å². The zero-order valence-corrected chi connectivity index (χ0v) is 18.0. The Balaban J connectivity index is 1.19. The van der Waals surface area contributed by atoms with Crippen molar-refractivity contribution in [3.63, 3.8) is 0 Å². The van der Waals surface area contributed by atoms with Crippen LogP contribution in [0.2, 0.25) is 0 Å². The van der Waals surface area contributed by atoms with E-state index in [0.717, 1.165) is 31.0 Å². The van der Waals surface area contributed by atoms with Crippen molar-refractivity contribution in [1.29, 1.82) is 0 Å². The van der Waals surface area contributed by atoms with Crippen molar-refractivity contribution < 1.29 is 19.1 Å². The highest BCUT2D eigenvalue weighted by atomic mass is 16.5. The fourth-order valence-corrected chi connectivity index (χ4v) is 5.44. The van der Waals surface area contributed by atoms with Crippen molar-refractivity contribution in [2.45, 2.75) is 37.1 Å². The quantitative estimate of drug-likeness (QED) is 0.791. The molecule has 0 bridgehead atoms. The first-order valence-corrected chi connectivity index (χ1v) is 10.9. The Kier molecular flexibility index (Phi) is 4.68. The summed E-state index contributed by atoms with van der Waals surface area (Å²) in [6.07, 6.45) is 2.04. The Hall–Kier alpha value is -3.02. The molecule has 2 unspecified atom stereocenters. The number of alkyl carbamates (subject to hydrolysis) is 1. The van der Waals surface area contributed by atoms with E-state index in [4.69, 9.17) is 4.74 Å². The monoisotopic (exact) mass is 420 g/mol. The van der Waals surface area contributed by atoms with Gasteiger partial charge in [-0.3, -0.25) is 4.79 Å². The lowest BCUT2D eigenvalue weighted by molar-refractivity contribution is -0.140. The van der Waals surface area contributed by atoms with Gasteiger partial charge in [0.1, 0.15) is 11.5 Å². The Bertz CT molecular complexity index is 984. The molecule has 3 aliphatic rings. The van der Waals surface area contributed by atoms with Crippen LogP contribution in [0.25, 0.3) is 0 Å². The average Bonchev–Trinajstić information content (AvgIpc) is 3.33. The molecule has 1 saturated heterocycles. The summed E-state index contributed by atoms with van der Waals surface area (Å²) in [5, 5.41) is 2.85. The minimum Gasteiger partial charge on any atom is -0.457 e. The summed E-state index contributed by atoms with van der Waals surface area (Å²) < 4.78 is 10.6. The molecular formula is C25H28N2O4. The van der Waals surface area contributed by atoms with Crippen LogP contribution in [0.5, 0.6) is 11.5 Å². The third kappa shape index (κ3) is 3.64. The summed E-state index contributed by atoms with van der Waals surface area (Å²) in [5.74, 6) is 2.39. The van der Waals surface area contributed by atoms with Crippen LogP contribution >= 0.6 is 0 Å². The zero-order valence-electron chi connectivity index (χ0n) is 18.0. The number of amides is 2. The molecule has 5 rings (SSSR count). The maximum absolute atomic E-state index is 13.0. The van der Waals surface area contributed by atoms with E-state index in [-0.39, 0.29) is 22.8 Å². The second-order valence-electron chi connectivity index (χ2n) is 9.50. The average molecular weight is 421 g/mol. The van der Waals surface area contributed by atoms with Crippen molar-refractivity contribution in [2.75, 3.05) is 20.2 Å². The third-order valence-corrected chi connectivity index (χ3v) is 7.20. The predicted molar refractivity (Wildman–Crippen MR) is 116 cm³/mol. The highest BCUT2D eigenvalue weighted by Gasteiger charge is 2.62. The van der Waals surface area contributed by atoms with Crippen LogP contribution < -0.4 is 10.1 Å². The van der Waals surface area contributed by atoms with Crippen LogP contribution in [-0.4, -0.2) is 42.6 Å². The number of hydrogen-bond acceptors (Lipinski definition) is 4. The first kappa shape index (κ1) is 19.9. The van der Waals surface area contributed by atoms with Crippen molar-refractivity contribution in [3.05, 3.63) is 60.2 Å². The van der Waals surface area contributed by atoms with Crippen molar-refractivity contribution >= 4 is 12.0 Å². The minimum absolute atomic E-state index is 0.0154. The number of ether oxygens (including phenoxy) is 2. The van der Waals surface area contributed by atoms with Gasteiger partial charge < -0.3 is 19.7 Å². The van der Waals surface area contributed by atoms with E-state index in [9.17, 15) is 9.59 Å². The largest absolute Gasteiger partial charge is 0.457 e. The van der Waals surface area contributed by atoms with Crippen LogP contribution in [0.3, 0.4) is 0 Å². The number of nitrogens with zero attached hydrogens (tertiary/aromatic N) is 1. The fourth-order valence-electron chi connectivity index (χ4n) is 5.44. The number of hydrogen-bond donors (Lipinski definition) is 1. The van der Waals surface area contributed by atoms with Gasteiger partial charge in [0, 0.05) is 30.0 Å². The van der Waals surface area contributed by atoms with Crippen LogP contribution in [0.15, 0.2) is 54.6 Å². The molecule has 2 aromatic carbocycles. The number of carbonyl (C=O) groups excluding carboxylic acids is 2. The van der Waals surface area contributed by atoms with Gasteiger partial charge in [-0.05, 0) is 61.9 Å². The summed E-state index contributed by atoms with van der Waals surface area (Å²) in [6, 6.07) is 18.1. The topological polar surface area (TPSA) is 67.9 Å². The zero-order chi connectivity index (χ0) is 21.6. The van der Waals surface area contributed by atoms with Crippen molar-refractivity contribution in [2.24, 2.45) is 11.8 Å². The van der Waals surface area contributed by atoms with Gasteiger partial charge in [0.2, 0.25) is 5.91 Å². The highest BCUT2D eigenvalue weighted by molar-refractivity contribution is 5.82. The molecule has 0 spiro atoms. The second kappa shape index (κ2) is 7.29. The van der Waals surface area contributed by atoms with Crippen LogP contribution in [0.4, 0.5) is 4.79 Å². The summed E-state index contributed by atoms with van der Waals surface area (Å²) in [7, 11) is 1.36.